The molecule has 16 heavy (non-hydrogen) atoms. The highest BCUT2D eigenvalue weighted by atomic mass is 14.3. The SMILES string of the molecule is CCCCC(C)C(C)C(C)CC(C)CCC. The van der Waals surface area contributed by atoms with Gasteiger partial charge in [-0.05, 0) is 30.1 Å². The molecule has 0 N–H and O–H groups in total. The van der Waals surface area contributed by atoms with Crippen LogP contribution >= 0.6 is 0 Å². The fourth-order valence-corrected chi connectivity index (χ4v) is 2.81. The van der Waals surface area contributed by atoms with E-state index >= 15 is 0 Å². The number of hydrogen-bond acceptors (Lipinski definition) is 0. The summed E-state index contributed by atoms with van der Waals surface area (Å²) in [5.41, 5.74) is 0. The largest absolute Gasteiger partial charge is 0.0654 e. The predicted octanol–water partition coefficient (Wildman–Crippen LogP) is 5.91. The second-order valence-corrected chi connectivity index (χ2v) is 6.09. The Hall–Kier alpha value is 0. The Morgan fingerprint density at radius 1 is 0.750 bits per heavy atom. The molecule has 0 rings (SSSR count). The summed E-state index contributed by atoms with van der Waals surface area (Å²) in [4.78, 5) is 0. The maximum absolute atomic E-state index is 2.46. The molecule has 0 nitrogen and oxygen atoms in total. The summed E-state index contributed by atoms with van der Waals surface area (Å²) < 4.78 is 0. The van der Waals surface area contributed by atoms with Gasteiger partial charge in [-0.15, -0.1) is 0 Å². The summed E-state index contributed by atoms with van der Waals surface area (Å²) in [6.45, 7) is 14.4. The third kappa shape index (κ3) is 6.55. The summed E-state index contributed by atoms with van der Waals surface area (Å²) in [6.07, 6.45) is 8.34. The summed E-state index contributed by atoms with van der Waals surface area (Å²) in [5, 5.41) is 0. The van der Waals surface area contributed by atoms with E-state index in [2.05, 4.69) is 41.5 Å². The molecule has 0 aromatic rings. The molecule has 0 aromatic carbocycles. The second-order valence-electron chi connectivity index (χ2n) is 6.09. The first-order valence-electron chi connectivity index (χ1n) is 7.52. The van der Waals surface area contributed by atoms with Crippen LogP contribution in [0, 0.1) is 23.7 Å². The lowest BCUT2D eigenvalue weighted by molar-refractivity contribution is 0.224. The maximum Gasteiger partial charge on any atom is -0.0391 e. The van der Waals surface area contributed by atoms with Gasteiger partial charge in [0.1, 0.15) is 0 Å². The van der Waals surface area contributed by atoms with Crippen molar-refractivity contribution in [3.8, 4) is 0 Å². The van der Waals surface area contributed by atoms with Crippen LogP contribution in [0.4, 0.5) is 0 Å². The van der Waals surface area contributed by atoms with Crippen molar-refractivity contribution in [2.24, 2.45) is 23.7 Å². The van der Waals surface area contributed by atoms with Gasteiger partial charge in [-0.3, -0.25) is 0 Å². The second kappa shape index (κ2) is 9.07. The third-order valence-electron chi connectivity index (χ3n) is 4.36. The average Bonchev–Trinajstić information content (AvgIpc) is 2.24. The van der Waals surface area contributed by atoms with Gasteiger partial charge in [0, 0.05) is 0 Å². The molecule has 0 heterocycles. The lowest BCUT2D eigenvalue weighted by Gasteiger charge is -2.28. The van der Waals surface area contributed by atoms with Crippen LogP contribution in [-0.4, -0.2) is 0 Å². The summed E-state index contributed by atoms with van der Waals surface area (Å²) in [5.74, 6) is 3.61. The van der Waals surface area contributed by atoms with Crippen LogP contribution < -0.4 is 0 Å². The molecule has 0 fully saturated rings. The Labute approximate surface area is 104 Å². The fraction of sp³-hybridized carbons (Fsp3) is 1.00. The van der Waals surface area contributed by atoms with Gasteiger partial charge in [-0.1, -0.05) is 73.6 Å². The quantitative estimate of drug-likeness (QED) is 0.458. The van der Waals surface area contributed by atoms with Gasteiger partial charge in [0.15, 0.2) is 0 Å². The minimum Gasteiger partial charge on any atom is -0.0654 e. The van der Waals surface area contributed by atoms with Crippen LogP contribution in [0.1, 0.15) is 80.1 Å². The van der Waals surface area contributed by atoms with E-state index in [0.29, 0.717) is 0 Å². The molecule has 0 saturated heterocycles. The smallest absolute Gasteiger partial charge is 0.0391 e. The molecule has 0 amide bonds. The van der Waals surface area contributed by atoms with E-state index in [4.69, 9.17) is 0 Å². The van der Waals surface area contributed by atoms with Gasteiger partial charge < -0.3 is 0 Å². The van der Waals surface area contributed by atoms with E-state index in [-0.39, 0.29) is 0 Å². The van der Waals surface area contributed by atoms with Crippen LogP contribution in [0.3, 0.4) is 0 Å². The first kappa shape index (κ1) is 16.0. The highest BCUT2D eigenvalue weighted by Crippen LogP contribution is 2.30. The van der Waals surface area contributed by atoms with Crippen molar-refractivity contribution < 1.29 is 0 Å². The van der Waals surface area contributed by atoms with Crippen molar-refractivity contribution in [1.82, 2.24) is 0 Å². The van der Waals surface area contributed by atoms with E-state index in [0.717, 1.165) is 23.7 Å². The monoisotopic (exact) mass is 226 g/mol. The molecule has 0 aliphatic heterocycles. The zero-order valence-electron chi connectivity index (χ0n) is 12.6. The van der Waals surface area contributed by atoms with Crippen molar-refractivity contribution in [3.05, 3.63) is 0 Å². The van der Waals surface area contributed by atoms with Gasteiger partial charge in [-0.25, -0.2) is 0 Å². The Balaban J connectivity index is 3.91. The molecule has 0 saturated carbocycles. The van der Waals surface area contributed by atoms with Gasteiger partial charge in [0.25, 0.3) is 0 Å². The lowest BCUT2D eigenvalue weighted by Crippen LogP contribution is -2.18. The molecule has 0 aliphatic carbocycles. The van der Waals surface area contributed by atoms with Crippen molar-refractivity contribution in [3.63, 3.8) is 0 Å². The number of hydrogen-bond donors (Lipinski definition) is 0. The van der Waals surface area contributed by atoms with E-state index < -0.39 is 0 Å². The Morgan fingerprint density at radius 2 is 1.38 bits per heavy atom. The highest BCUT2D eigenvalue weighted by molar-refractivity contribution is 4.70. The Morgan fingerprint density at radius 3 is 1.88 bits per heavy atom. The van der Waals surface area contributed by atoms with Crippen LogP contribution in [-0.2, 0) is 0 Å². The first-order chi connectivity index (χ1) is 7.52. The number of rotatable bonds is 9. The molecule has 4 atom stereocenters. The Kier molecular flexibility index (Phi) is 9.07. The molecule has 0 aliphatic rings. The zero-order valence-corrected chi connectivity index (χ0v) is 12.6. The molecule has 0 heteroatoms. The highest BCUT2D eigenvalue weighted by Gasteiger charge is 2.20. The topological polar surface area (TPSA) is 0 Å². The number of unbranched alkanes of at least 4 members (excludes halogenated alkanes) is 1. The van der Waals surface area contributed by atoms with Crippen molar-refractivity contribution in [1.29, 1.82) is 0 Å². The van der Waals surface area contributed by atoms with Crippen LogP contribution in [0.2, 0.25) is 0 Å². The van der Waals surface area contributed by atoms with Gasteiger partial charge >= 0.3 is 0 Å². The fourth-order valence-electron chi connectivity index (χ4n) is 2.81. The zero-order chi connectivity index (χ0) is 12.6. The molecule has 0 aromatic heterocycles. The lowest BCUT2D eigenvalue weighted by atomic mass is 9.78. The Bertz CT molecular complexity index is 150. The summed E-state index contributed by atoms with van der Waals surface area (Å²) >= 11 is 0. The van der Waals surface area contributed by atoms with E-state index in [1.165, 1.54) is 38.5 Å². The normalized spacial score (nSPS) is 19.1. The molecule has 4 unspecified atom stereocenters. The van der Waals surface area contributed by atoms with Crippen molar-refractivity contribution in [2.45, 2.75) is 80.1 Å². The molecule has 0 bridgehead atoms. The first-order valence-corrected chi connectivity index (χ1v) is 7.52. The molecular weight excluding hydrogens is 192 g/mol. The molecular formula is C16H34. The van der Waals surface area contributed by atoms with E-state index in [1.54, 1.807) is 0 Å². The maximum atomic E-state index is 2.46. The van der Waals surface area contributed by atoms with Crippen LogP contribution in [0.25, 0.3) is 0 Å². The van der Waals surface area contributed by atoms with E-state index in [1.807, 2.05) is 0 Å². The van der Waals surface area contributed by atoms with E-state index in [9.17, 15) is 0 Å². The predicted molar refractivity (Wildman–Crippen MR) is 75.7 cm³/mol. The van der Waals surface area contributed by atoms with Crippen LogP contribution in [0.5, 0.6) is 0 Å². The molecule has 0 radical (unpaired) electrons. The molecule has 0 spiro atoms. The average molecular weight is 226 g/mol. The van der Waals surface area contributed by atoms with Crippen molar-refractivity contribution in [2.75, 3.05) is 0 Å². The summed E-state index contributed by atoms with van der Waals surface area (Å²) in [7, 11) is 0. The summed E-state index contributed by atoms with van der Waals surface area (Å²) in [6, 6.07) is 0. The van der Waals surface area contributed by atoms with Gasteiger partial charge in [-0.2, -0.15) is 0 Å². The molecule has 98 valence electrons. The minimum absolute atomic E-state index is 0.894. The van der Waals surface area contributed by atoms with Crippen LogP contribution in [0.15, 0.2) is 0 Å². The minimum atomic E-state index is 0.894. The van der Waals surface area contributed by atoms with Crippen molar-refractivity contribution >= 4 is 0 Å². The van der Waals surface area contributed by atoms with Gasteiger partial charge in [0.05, 0.1) is 0 Å². The standard InChI is InChI=1S/C16H34/c1-7-9-11-14(4)16(6)15(5)12-13(3)10-8-2/h13-16H,7-12H2,1-6H3. The van der Waals surface area contributed by atoms with Gasteiger partial charge in [0.2, 0.25) is 0 Å². The third-order valence-corrected chi connectivity index (χ3v) is 4.36.